The predicted molar refractivity (Wildman–Crippen MR) is 70.9 cm³/mol. The number of benzene rings is 2. The molecule has 0 bridgehead atoms. The third-order valence-electron chi connectivity index (χ3n) is 3.14. The van der Waals surface area contributed by atoms with Crippen LogP contribution in [-0.4, -0.2) is 13.2 Å². The van der Waals surface area contributed by atoms with Crippen molar-refractivity contribution in [1.29, 1.82) is 0 Å². The van der Waals surface area contributed by atoms with Gasteiger partial charge in [0, 0.05) is 5.56 Å². The van der Waals surface area contributed by atoms with Gasteiger partial charge in [-0.3, -0.25) is 0 Å². The first-order chi connectivity index (χ1) is 9.24. The van der Waals surface area contributed by atoms with Crippen molar-refractivity contribution >= 4 is 5.69 Å². The summed E-state index contributed by atoms with van der Waals surface area (Å²) in [5, 5.41) is 0. The molecule has 1 saturated heterocycles. The molecular weight excluding hydrogens is 245 g/mol. The van der Waals surface area contributed by atoms with Gasteiger partial charge in [0.05, 0.1) is 18.9 Å². The molecule has 0 unspecified atom stereocenters. The van der Waals surface area contributed by atoms with Crippen molar-refractivity contribution < 1.29 is 13.9 Å². The fourth-order valence-corrected chi connectivity index (χ4v) is 2.09. The Morgan fingerprint density at radius 3 is 2.21 bits per heavy atom. The Bertz CT molecular complexity index is 577. The zero-order valence-corrected chi connectivity index (χ0v) is 10.3. The van der Waals surface area contributed by atoms with Gasteiger partial charge in [-0.05, 0) is 23.3 Å². The van der Waals surface area contributed by atoms with E-state index in [-0.39, 0.29) is 12.0 Å². The van der Waals surface area contributed by atoms with Gasteiger partial charge in [0.2, 0.25) is 0 Å². The summed E-state index contributed by atoms with van der Waals surface area (Å²) in [5.74, 6) is -0.399. The molecule has 3 rings (SSSR count). The minimum Gasteiger partial charge on any atom is -0.396 e. The Morgan fingerprint density at radius 2 is 1.58 bits per heavy atom. The van der Waals surface area contributed by atoms with Gasteiger partial charge in [0.15, 0.2) is 6.29 Å². The second-order valence-corrected chi connectivity index (χ2v) is 4.43. The average molecular weight is 259 g/mol. The third-order valence-corrected chi connectivity index (χ3v) is 3.14. The second-order valence-electron chi connectivity index (χ2n) is 4.43. The summed E-state index contributed by atoms with van der Waals surface area (Å²) >= 11 is 0. The molecule has 1 aliphatic heterocycles. The molecular formula is C15H14FNO2. The molecule has 0 atom stereocenters. The van der Waals surface area contributed by atoms with Crippen molar-refractivity contribution in [3.63, 3.8) is 0 Å². The summed E-state index contributed by atoms with van der Waals surface area (Å²) in [6.07, 6.45) is -0.280. The number of ether oxygens (including phenoxy) is 2. The standard InChI is InChI=1S/C15H14FNO2/c16-13-9-12(5-6-14(13)17)10-1-3-11(4-2-10)15-18-7-8-19-15/h1-6,9,15H,7-8,17H2. The minimum atomic E-state index is -0.399. The van der Waals surface area contributed by atoms with Crippen LogP contribution in [0.3, 0.4) is 0 Å². The van der Waals surface area contributed by atoms with E-state index in [4.69, 9.17) is 15.2 Å². The Labute approximate surface area is 110 Å². The van der Waals surface area contributed by atoms with Gasteiger partial charge in [-0.15, -0.1) is 0 Å². The first kappa shape index (κ1) is 12.1. The number of nitrogen functional groups attached to an aromatic ring is 1. The first-order valence-corrected chi connectivity index (χ1v) is 6.12. The molecule has 0 aliphatic carbocycles. The van der Waals surface area contributed by atoms with E-state index in [1.807, 2.05) is 24.3 Å². The molecule has 2 aromatic rings. The molecule has 0 radical (unpaired) electrons. The molecule has 98 valence electrons. The lowest BCUT2D eigenvalue weighted by Gasteiger charge is -2.10. The summed E-state index contributed by atoms with van der Waals surface area (Å²) in [6, 6.07) is 12.5. The lowest BCUT2D eigenvalue weighted by molar-refractivity contribution is -0.0441. The van der Waals surface area contributed by atoms with Gasteiger partial charge in [-0.2, -0.15) is 0 Å². The normalized spacial score (nSPS) is 15.8. The topological polar surface area (TPSA) is 44.5 Å². The van der Waals surface area contributed by atoms with Crippen LogP contribution in [0, 0.1) is 5.82 Å². The van der Waals surface area contributed by atoms with Crippen molar-refractivity contribution in [2.45, 2.75) is 6.29 Å². The Morgan fingerprint density at radius 1 is 0.947 bits per heavy atom. The molecule has 2 N–H and O–H groups in total. The zero-order valence-electron chi connectivity index (χ0n) is 10.3. The molecule has 2 aromatic carbocycles. The quantitative estimate of drug-likeness (QED) is 0.843. The highest BCUT2D eigenvalue weighted by molar-refractivity contribution is 5.66. The fraction of sp³-hybridized carbons (Fsp3) is 0.200. The predicted octanol–water partition coefficient (Wildman–Crippen LogP) is 3.12. The van der Waals surface area contributed by atoms with Crippen molar-refractivity contribution in [2.24, 2.45) is 0 Å². The fourth-order valence-electron chi connectivity index (χ4n) is 2.09. The highest BCUT2D eigenvalue weighted by Gasteiger charge is 2.17. The summed E-state index contributed by atoms with van der Waals surface area (Å²) in [5.41, 5.74) is 8.32. The van der Waals surface area contributed by atoms with Gasteiger partial charge in [0.25, 0.3) is 0 Å². The lowest BCUT2D eigenvalue weighted by Crippen LogP contribution is -1.97. The summed E-state index contributed by atoms with van der Waals surface area (Å²) < 4.78 is 24.3. The molecule has 1 fully saturated rings. The van der Waals surface area contributed by atoms with Gasteiger partial charge in [-0.1, -0.05) is 30.3 Å². The first-order valence-electron chi connectivity index (χ1n) is 6.12. The maximum Gasteiger partial charge on any atom is 0.184 e. The SMILES string of the molecule is Nc1ccc(-c2ccc(C3OCCO3)cc2)cc1F. The maximum absolute atomic E-state index is 13.4. The number of nitrogens with two attached hydrogens (primary N) is 1. The van der Waals surface area contributed by atoms with Crippen LogP contribution in [0.25, 0.3) is 11.1 Å². The number of anilines is 1. The largest absolute Gasteiger partial charge is 0.396 e. The van der Waals surface area contributed by atoms with Crippen LogP contribution in [-0.2, 0) is 9.47 Å². The van der Waals surface area contributed by atoms with Crippen LogP contribution >= 0.6 is 0 Å². The van der Waals surface area contributed by atoms with E-state index in [2.05, 4.69) is 0 Å². The van der Waals surface area contributed by atoms with Crippen molar-refractivity contribution in [1.82, 2.24) is 0 Å². The van der Waals surface area contributed by atoms with Gasteiger partial charge in [-0.25, -0.2) is 4.39 Å². The van der Waals surface area contributed by atoms with Crippen LogP contribution in [0.1, 0.15) is 11.9 Å². The van der Waals surface area contributed by atoms with Crippen molar-refractivity contribution in [3.8, 4) is 11.1 Å². The van der Waals surface area contributed by atoms with Crippen molar-refractivity contribution in [3.05, 3.63) is 53.8 Å². The Hall–Kier alpha value is -1.91. The molecule has 0 amide bonds. The van der Waals surface area contributed by atoms with Crippen LogP contribution < -0.4 is 5.73 Å². The lowest BCUT2D eigenvalue weighted by atomic mass is 10.0. The smallest absolute Gasteiger partial charge is 0.184 e. The number of rotatable bonds is 2. The van der Waals surface area contributed by atoms with E-state index < -0.39 is 5.82 Å². The van der Waals surface area contributed by atoms with Crippen LogP contribution in [0.15, 0.2) is 42.5 Å². The van der Waals surface area contributed by atoms with Crippen LogP contribution in [0.4, 0.5) is 10.1 Å². The highest BCUT2D eigenvalue weighted by atomic mass is 19.1. The van der Waals surface area contributed by atoms with E-state index >= 15 is 0 Å². The van der Waals surface area contributed by atoms with Gasteiger partial charge >= 0.3 is 0 Å². The summed E-state index contributed by atoms with van der Waals surface area (Å²) in [7, 11) is 0. The monoisotopic (exact) mass is 259 g/mol. The molecule has 0 aromatic heterocycles. The summed E-state index contributed by atoms with van der Waals surface area (Å²) in [6.45, 7) is 1.24. The van der Waals surface area contributed by atoms with E-state index in [0.717, 1.165) is 16.7 Å². The average Bonchev–Trinajstić information content (AvgIpc) is 2.96. The highest BCUT2D eigenvalue weighted by Crippen LogP contribution is 2.27. The Balaban J connectivity index is 1.87. The molecule has 19 heavy (non-hydrogen) atoms. The number of hydrogen-bond acceptors (Lipinski definition) is 3. The van der Waals surface area contributed by atoms with Gasteiger partial charge in [0.1, 0.15) is 5.82 Å². The molecule has 1 aliphatic rings. The second kappa shape index (κ2) is 4.99. The number of hydrogen-bond donors (Lipinski definition) is 1. The molecule has 3 nitrogen and oxygen atoms in total. The molecule has 4 heteroatoms. The Kier molecular flexibility index (Phi) is 3.19. The van der Waals surface area contributed by atoms with E-state index in [1.165, 1.54) is 6.07 Å². The molecule has 0 saturated carbocycles. The van der Waals surface area contributed by atoms with Crippen molar-refractivity contribution in [2.75, 3.05) is 18.9 Å². The van der Waals surface area contributed by atoms with Gasteiger partial charge < -0.3 is 15.2 Å². The zero-order chi connectivity index (χ0) is 13.2. The summed E-state index contributed by atoms with van der Waals surface area (Å²) in [4.78, 5) is 0. The van der Waals surface area contributed by atoms with E-state index in [9.17, 15) is 4.39 Å². The molecule has 0 spiro atoms. The number of halogens is 1. The van der Waals surface area contributed by atoms with Crippen LogP contribution in [0.2, 0.25) is 0 Å². The van der Waals surface area contributed by atoms with E-state index in [1.54, 1.807) is 12.1 Å². The van der Waals surface area contributed by atoms with Crippen LogP contribution in [0.5, 0.6) is 0 Å². The van der Waals surface area contributed by atoms with E-state index in [0.29, 0.717) is 13.2 Å². The minimum absolute atomic E-state index is 0.160. The third kappa shape index (κ3) is 2.45. The maximum atomic E-state index is 13.4. The molecule has 1 heterocycles.